The standard InChI is InChI=1S/C32H22Br4F8O/c1-3-19-15(9-33)5-13(6-16(19)10-34)14-7-17(11-35)31(18(8-14)12-36)45-32-29(43)27(41)22(28(42)30(32)44)21-25(39)23(37)20(4-2)24(38)26(21)40/h5-8H,3-4,9-12H2,1-2H3. The molecule has 4 aromatic carbocycles. The summed E-state index contributed by atoms with van der Waals surface area (Å²) in [5.41, 5.74) is 0.662. The maximum atomic E-state index is 15.4. The van der Waals surface area contributed by atoms with Gasteiger partial charge in [-0.15, -0.1) is 0 Å². The highest BCUT2D eigenvalue weighted by atomic mass is 79.9. The van der Waals surface area contributed by atoms with Gasteiger partial charge in [0, 0.05) is 38.0 Å². The third-order valence-electron chi connectivity index (χ3n) is 7.33. The van der Waals surface area contributed by atoms with E-state index in [-0.39, 0.29) is 16.4 Å². The average molecular weight is 894 g/mol. The van der Waals surface area contributed by atoms with E-state index in [0.29, 0.717) is 21.8 Å². The van der Waals surface area contributed by atoms with E-state index in [1.165, 1.54) is 12.5 Å². The molecule has 0 saturated heterocycles. The van der Waals surface area contributed by atoms with Crippen molar-refractivity contribution in [2.45, 2.75) is 48.0 Å². The van der Waals surface area contributed by atoms with Gasteiger partial charge in [0.15, 0.2) is 34.9 Å². The monoisotopic (exact) mass is 890 g/mol. The van der Waals surface area contributed by atoms with Gasteiger partial charge in [-0.05, 0) is 52.8 Å². The van der Waals surface area contributed by atoms with Crippen molar-refractivity contribution in [2.75, 3.05) is 0 Å². The van der Waals surface area contributed by atoms with Crippen molar-refractivity contribution in [2.24, 2.45) is 0 Å². The molecule has 0 radical (unpaired) electrons. The molecule has 45 heavy (non-hydrogen) atoms. The lowest BCUT2D eigenvalue weighted by Crippen LogP contribution is -2.10. The lowest BCUT2D eigenvalue weighted by atomic mass is 9.92. The van der Waals surface area contributed by atoms with Gasteiger partial charge in [-0.2, -0.15) is 8.78 Å². The van der Waals surface area contributed by atoms with Gasteiger partial charge in [0.25, 0.3) is 0 Å². The Kier molecular flexibility index (Phi) is 11.8. The molecule has 0 amide bonds. The zero-order valence-electron chi connectivity index (χ0n) is 23.5. The smallest absolute Gasteiger partial charge is 0.205 e. The molecule has 0 heterocycles. The van der Waals surface area contributed by atoms with E-state index < -0.39 is 75.4 Å². The SMILES string of the molecule is CCc1c(CBr)cc(-c2cc(CBr)c(Oc3c(F)c(F)c(-c4c(F)c(F)c(CC)c(F)c4F)c(F)c3F)c(CBr)c2)cc1CBr. The number of halogens is 12. The molecule has 0 bridgehead atoms. The van der Waals surface area contributed by atoms with Gasteiger partial charge in [-0.3, -0.25) is 0 Å². The maximum absolute atomic E-state index is 15.4. The van der Waals surface area contributed by atoms with E-state index in [9.17, 15) is 17.6 Å². The summed E-state index contributed by atoms with van der Waals surface area (Å²) in [5, 5.41) is 1.38. The molecule has 0 spiro atoms. The van der Waals surface area contributed by atoms with Crippen molar-refractivity contribution in [3.63, 3.8) is 0 Å². The van der Waals surface area contributed by atoms with Crippen molar-refractivity contribution in [1.82, 2.24) is 0 Å². The molecule has 13 heteroatoms. The summed E-state index contributed by atoms with van der Waals surface area (Å²) in [5.74, 6) is -18.9. The molecule has 240 valence electrons. The second-order valence-corrected chi connectivity index (χ2v) is 12.1. The van der Waals surface area contributed by atoms with Gasteiger partial charge in [-0.25, -0.2) is 26.3 Å². The van der Waals surface area contributed by atoms with Gasteiger partial charge >= 0.3 is 0 Å². The van der Waals surface area contributed by atoms with Crippen LogP contribution < -0.4 is 4.74 Å². The summed E-state index contributed by atoms with van der Waals surface area (Å²) in [6, 6.07) is 7.36. The molecular formula is C32H22Br4F8O. The molecule has 0 aliphatic heterocycles. The molecule has 0 aliphatic carbocycles. The van der Waals surface area contributed by atoms with Gasteiger partial charge in [-0.1, -0.05) is 89.7 Å². The van der Waals surface area contributed by atoms with Crippen LogP contribution in [0.2, 0.25) is 0 Å². The van der Waals surface area contributed by atoms with Gasteiger partial charge in [0.1, 0.15) is 5.75 Å². The molecule has 0 aliphatic rings. The van der Waals surface area contributed by atoms with Crippen LogP contribution in [0.4, 0.5) is 35.1 Å². The first-order valence-corrected chi connectivity index (χ1v) is 17.8. The molecule has 4 aromatic rings. The van der Waals surface area contributed by atoms with E-state index in [2.05, 4.69) is 63.7 Å². The van der Waals surface area contributed by atoms with Crippen LogP contribution in [0.25, 0.3) is 22.3 Å². The van der Waals surface area contributed by atoms with Crippen LogP contribution in [0.15, 0.2) is 24.3 Å². The van der Waals surface area contributed by atoms with Crippen molar-refractivity contribution in [3.05, 3.63) is 104 Å². The molecule has 0 saturated carbocycles. The van der Waals surface area contributed by atoms with Gasteiger partial charge < -0.3 is 4.74 Å². The molecule has 1 nitrogen and oxygen atoms in total. The van der Waals surface area contributed by atoms with Crippen LogP contribution in [0.5, 0.6) is 11.5 Å². The summed E-state index contributed by atoms with van der Waals surface area (Å²) in [7, 11) is 0. The van der Waals surface area contributed by atoms with Crippen LogP contribution in [0.1, 0.15) is 47.2 Å². The van der Waals surface area contributed by atoms with Gasteiger partial charge in [0.05, 0.1) is 11.1 Å². The van der Waals surface area contributed by atoms with Crippen LogP contribution in [0, 0.1) is 46.5 Å². The molecule has 0 unspecified atom stereocenters. The van der Waals surface area contributed by atoms with Crippen LogP contribution in [-0.4, -0.2) is 0 Å². The Morgan fingerprint density at radius 1 is 0.444 bits per heavy atom. The topological polar surface area (TPSA) is 9.23 Å². The first kappa shape index (κ1) is 35.9. The van der Waals surface area contributed by atoms with E-state index in [1.54, 1.807) is 12.1 Å². The third kappa shape index (κ3) is 6.47. The fourth-order valence-corrected chi connectivity index (χ4v) is 6.97. The highest BCUT2D eigenvalue weighted by Gasteiger charge is 2.35. The Balaban J connectivity index is 1.90. The molecule has 4 rings (SSSR count). The van der Waals surface area contributed by atoms with Crippen LogP contribution >= 0.6 is 63.7 Å². The minimum atomic E-state index is -2.30. The third-order valence-corrected chi connectivity index (χ3v) is 9.74. The number of ether oxygens (including phenoxy) is 1. The van der Waals surface area contributed by atoms with Crippen LogP contribution in [-0.2, 0) is 34.2 Å². The first-order valence-electron chi connectivity index (χ1n) is 13.3. The van der Waals surface area contributed by atoms with E-state index in [4.69, 9.17) is 4.74 Å². The summed E-state index contributed by atoms with van der Waals surface area (Å²) in [4.78, 5) is 0. The highest BCUT2D eigenvalue weighted by molar-refractivity contribution is 9.09. The normalized spacial score (nSPS) is 11.4. The number of hydrogen-bond acceptors (Lipinski definition) is 1. The predicted octanol–water partition coefficient (Wildman–Crippen LogP) is 12.6. The minimum absolute atomic E-state index is 0.0882. The summed E-state index contributed by atoms with van der Waals surface area (Å²) >= 11 is 13.7. The second kappa shape index (κ2) is 14.9. The Bertz CT molecular complexity index is 1690. The minimum Gasteiger partial charge on any atom is -0.450 e. The highest BCUT2D eigenvalue weighted by Crippen LogP contribution is 2.44. The Morgan fingerprint density at radius 2 is 0.778 bits per heavy atom. The van der Waals surface area contributed by atoms with Crippen LogP contribution in [0.3, 0.4) is 0 Å². The molecule has 0 atom stereocenters. The fourth-order valence-electron chi connectivity index (χ4n) is 5.14. The fraction of sp³-hybridized carbons (Fsp3) is 0.250. The maximum Gasteiger partial charge on any atom is 0.205 e. The first-order chi connectivity index (χ1) is 21.4. The number of alkyl halides is 4. The van der Waals surface area contributed by atoms with Crippen molar-refractivity contribution >= 4 is 63.7 Å². The largest absolute Gasteiger partial charge is 0.450 e. The Hall–Kier alpha value is -1.96. The van der Waals surface area contributed by atoms with Crippen molar-refractivity contribution < 1.29 is 39.9 Å². The quantitative estimate of drug-likeness (QED) is 0.0876. The van der Waals surface area contributed by atoms with E-state index >= 15 is 17.6 Å². The predicted molar refractivity (Wildman–Crippen MR) is 173 cm³/mol. The van der Waals surface area contributed by atoms with Crippen molar-refractivity contribution in [1.29, 1.82) is 0 Å². The zero-order valence-corrected chi connectivity index (χ0v) is 29.8. The Morgan fingerprint density at radius 3 is 1.11 bits per heavy atom. The molecule has 0 fully saturated rings. The summed E-state index contributed by atoms with van der Waals surface area (Å²) < 4.78 is 125. The van der Waals surface area contributed by atoms with E-state index in [0.717, 1.165) is 28.7 Å². The van der Waals surface area contributed by atoms with E-state index in [1.807, 2.05) is 19.1 Å². The lowest BCUT2D eigenvalue weighted by Gasteiger charge is -2.20. The number of hydrogen-bond donors (Lipinski definition) is 0. The molecule has 0 aromatic heterocycles. The number of benzene rings is 4. The number of rotatable bonds is 10. The second-order valence-electron chi connectivity index (χ2n) is 9.81. The lowest BCUT2D eigenvalue weighted by molar-refractivity contribution is 0.364. The Labute approximate surface area is 287 Å². The molecular weight excluding hydrogens is 872 g/mol. The zero-order chi connectivity index (χ0) is 33.3. The average Bonchev–Trinajstić information content (AvgIpc) is 3.05. The van der Waals surface area contributed by atoms with Gasteiger partial charge in [0.2, 0.25) is 17.4 Å². The summed E-state index contributed by atoms with van der Waals surface area (Å²) in [6.07, 6.45) is 0.306. The van der Waals surface area contributed by atoms with Crippen molar-refractivity contribution in [3.8, 4) is 33.8 Å². The summed E-state index contributed by atoms with van der Waals surface area (Å²) in [6.45, 7) is 3.23. The molecule has 0 N–H and O–H groups in total.